The first-order valence-electron chi connectivity index (χ1n) is 11.5. The summed E-state index contributed by atoms with van der Waals surface area (Å²) in [4.78, 5) is 11.0. The van der Waals surface area contributed by atoms with Crippen molar-refractivity contribution < 1.29 is 14.6 Å². The number of carbonyl (C=O) groups excluding carboxylic acids is 1. The second-order valence-electron chi connectivity index (χ2n) is 8.39. The maximum atomic E-state index is 11.0. The number of hydrogen-bond donors (Lipinski definition) is 1. The molecule has 1 aliphatic heterocycles. The van der Waals surface area contributed by atoms with Gasteiger partial charge >= 0.3 is 5.97 Å². The molecule has 3 heteroatoms. The Kier molecular flexibility index (Phi) is 14.0. The van der Waals surface area contributed by atoms with E-state index in [2.05, 4.69) is 6.92 Å². The van der Waals surface area contributed by atoms with Gasteiger partial charge in [-0.2, -0.15) is 0 Å². The summed E-state index contributed by atoms with van der Waals surface area (Å²) in [6, 6.07) is 0. The van der Waals surface area contributed by atoms with E-state index in [0.717, 1.165) is 12.8 Å². The van der Waals surface area contributed by atoms with Gasteiger partial charge in [0, 0.05) is 6.42 Å². The maximum Gasteiger partial charge on any atom is 0.312 e. The molecule has 1 rings (SSSR count). The smallest absolute Gasteiger partial charge is 0.312 e. The van der Waals surface area contributed by atoms with Crippen molar-refractivity contribution in [2.24, 2.45) is 5.92 Å². The summed E-state index contributed by atoms with van der Waals surface area (Å²) in [5.41, 5.74) is 0. The molecular formula is C23H44O3. The van der Waals surface area contributed by atoms with Gasteiger partial charge in [0.25, 0.3) is 0 Å². The van der Waals surface area contributed by atoms with E-state index < -0.39 is 0 Å². The first-order valence-corrected chi connectivity index (χ1v) is 11.5. The summed E-state index contributed by atoms with van der Waals surface area (Å²) >= 11 is 0. The molecule has 0 unspecified atom stereocenters. The first kappa shape index (κ1) is 23.5. The number of hydrogen-bond acceptors (Lipinski definition) is 3. The Labute approximate surface area is 162 Å². The average molecular weight is 369 g/mol. The Morgan fingerprint density at radius 2 is 1.23 bits per heavy atom. The van der Waals surface area contributed by atoms with E-state index in [0.29, 0.717) is 6.42 Å². The molecule has 154 valence electrons. The molecule has 0 saturated carbocycles. The molecule has 0 aromatic rings. The summed E-state index contributed by atoms with van der Waals surface area (Å²) in [6.07, 6.45) is 21.6. The summed E-state index contributed by atoms with van der Waals surface area (Å²) in [5.74, 6) is -0.139. The monoisotopic (exact) mass is 368 g/mol. The van der Waals surface area contributed by atoms with Gasteiger partial charge < -0.3 is 9.84 Å². The number of aliphatic hydroxyl groups is 1. The second kappa shape index (κ2) is 15.5. The molecule has 1 aliphatic rings. The van der Waals surface area contributed by atoms with Crippen molar-refractivity contribution in [2.45, 2.75) is 135 Å². The van der Waals surface area contributed by atoms with Crippen molar-refractivity contribution in [1.82, 2.24) is 0 Å². The van der Waals surface area contributed by atoms with Crippen LogP contribution in [0.1, 0.15) is 123 Å². The highest BCUT2D eigenvalue weighted by Crippen LogP contribution is 2.26. The van der Waals surface area contributed by atoms with E-state index in [-0.39, 0.29) is 24.1 Å². The third kappa shape index (κ3) is 11.2. The Hall–Kier alpha value is -0.570. The second-order valence-corrected chi connectivity index (χ2v) is 8.39. The van der Waals surface area contributed by atoms with E-state index >= 15 is 0 Å². The maximum absolute atomic E-state index is 11.0. The van der Waals surface area contributed by atoms with Crippen molar-refractivity contribution in [3.63, 3.8) is 0 Å². The van der Waals surface area contributed by atoms with Crippen LogP contribution in [-0.4, -0.2) is 23.3 Å². The van der Waals surface area contributed by atoms with Gasteiger partial charge in [-0.15, -0.1) is 0 Å². The third-order valence-electron chi connectivity index (χ3n) is 5.84. The van der Waals surface area contributed by atoms with Gasteiger partial charge in [-0.3, -0.25) is 4.79 Å². The number of esters is 1. The summed E-state index contributed by atoms with van der Waals surface area (Å²) < 4.78 is 5.05. The number of carbonyl (C=O) groups is 1. The Morgan fingerprint density at radius 3 is 1.62 bits per heavy atom. The zero-order valence-electron chi connectivity index (χ0n) is 17.5. The minimum atomic E-state index is -0.308. The first-order chi connectivity index (χ1) is 12.6. The van der Waals surface area contributed by atoms with Crippen LogP contribution in [0.3, 0.4) is 0 Å². The van der Waals surface area contributed by atoms with E-state index in [9.17, 15) is 9.90 Å². The number of unbranched alkanes of at least 4 members (excludes halogenated alkanes) is 14. The van der Waals surface area contributed by atoms with E-state index in [4.69, 9.17) is 4.74 Å². The van der Waals surface area contributed by atoms with Crippen LogP contribution in [-0.2, 0) is 9.53 Å². The van der Waals surface area contributed by atoms with Crippen LogP contribution in [0.5, 0.6) is 0 Å². The third-order valence-corrected chi connectivity index (χ3v) is 5.84. The van der Waals surface area contributed by atoms with Crippen LogP contribution in [0.2, 0.25) is 0 Å². The van der Waals surface area contributed by atoms with Crippen LogP contribution in [0, 0.1) is 5.92 Å². The molecule has 3 atom stereocenters. The SMILES string of the molecule is CCCCCCCCCCCCCCCCC[C@@H](O)C[C@H]1OC(=O)[C@@H]1C. The molecule has 0 aliphatic carbocycles. The van der Waals surface area contributed by atoms with Gasteiger partial charge in [0.2, 0.25) is 0 Å². The number of ether oxygens (including phenoxy) is 1. The topological polar surface area (TPSA) is 46.5 Å². The van der Waals surface area contributed by atoms with Crippen molar-refractivity contribution in [2.75, 3.05) is 0 Å². The van der Waals surface area contributed by atoms with Crippen LogP contribution in [0.4, 0.5) is 0 Å². The van der Waals surface area contributed by atoms with Crippen molar-refractivity contribution >= 4 is 5.97 Å². The highest BCUT2D eigenvalue weighted by molar-refractivity contribution is 5.77. The Balaban J connectivity index is 1.74. The molecule has 0 radical (unpaired) electrons. The lowest BCUT2D eigenvalue weighted by Crippen LogP contribution is -2.44. The fourth-order valence-electron chi connectivity index (χ4n) is 3.83. The van der Waals surface area contributed by atoms with E-state index in [1.54, 1.807) is 0 Å². The lowest BCUT2D eigenvalue weighted by Gasteiger charge is -2.33. The molecule has 1 N–H and O–H groups in total. The zero-order valence-corrected chi connectivity index (χ0v) is 17.5. The Bertz CT molecular complexity index is 342. The molecule has 1 saturated heterocycles. The van der Waals surface area contributed by atoms with Crippen molar-refractivity contribution in [1.29, 1.82) is 0 Å². The molecule has 0 aromatic heterocycles. The van der Waals surface area contributed by atoms with Gasteiger partial charge in [-0.1, -0.05) is 103 Å². The lowest BCUT2D eigenvalue weighted by molar-refractivity contribution is -0.185. The average Bonchev–Trinajstić information content (AvgIpc) is 2.64. The predicted octanol–water partition coefficient (Wildman–Crippen LogP) is 6.56. The van der Waals surface area contributed by atoms with Crippen molar-refractivity contribution in [3.05, 3.63) is 0 Å². The zero-order chi connectivity index (χ0) is 19.0. The van der Waals surface area contributed by atoms with Crippen molar-refractivity contribution in [3.8, 4) is 0 Å². The fourth-order valence-corrected chi connectivity index (χ4v) is 3.83. The molecular weight excluding hydrogens is 324 g/mol. The quantitative estimate of drug-likeness (QED) is 0.220. The van der Waals surface area contributed by atoms with E-state index in [1.165, 1.54) is 89.9 Å². The lowest BCUT2D eigenvalue weighted by atomic mass is 9.92. The fraction of sp³-hybridized carbons (Fsp3) is 0.957. The van der Waals surface area contributed by atoms with Crippen LogP contribution in [0.15, 0.2) is 0 Å². The molecule has 3 nitrogen and oxygen atoms in total. The molecule has 1 heterocycles. The van der Waals surface area contributed by atoms with Gasteiger partial charge in [0.05, 0.1) is 12.0 Å². The number of cyclic esters (lactones) is 1. The van der Waals surface area contributed by atoms with E-state index in [1.807, 2.05) is 6.92 Å². The van der Waals surface area contributed by atoms with Gasteiger partial charge in [-0.25, -0.2) is 0 Å². The van der Waals surface area contributed by atoms with Crippen LogP contribution < -0.4 is 0 Å². The molecule has 26 heavy (non-hydrogen) atoms. The minimum absolute atomic E-state index is 0.0225. The normalized spacial score (nSPS) is 20.7. The molecule has 0 amide bonds. The summed E-state index contributed by atoms with van der Waals surface area (Å²) in [5, 5.41) is 10.0. The highest BCUT2D eigenvalue weighted by atomic mass is 16.6. The number of rotatable bonds is 18. The van der Waals surface area contributed by atoms with Gasteiger partial charge in [0.15, 0.2) is 0 Å². The van der Waals surface area contributed by atoms with Gasteiger partial charge in [0.1, 0.15) is 6.10 Å². The molecule has 0 spiro atoms. The highest BCUT2D eigenvalue weighted by Gasteiger charge is 2.39. The largest absolute Gasteiger partial charge is 0.461 e. The summed E-state index contributed by atoms with van der Waals surface area (Å²) in [6.45, 7) is 4.16. The summed E-state index contributed by atoms with van der Waals surface area (Å²) in [7, 11) is 0. The predicted molar refractivity (Wildman–Crippen MR) is 109 cm³/mol. The Morgan fingerprint density at radius 1 is 0.808 bits per heavy atom. The molecule has 1 fully saturated rings. The van der Waals surface area contributed by atoms with Crippen LogP contribution >= 0.6 is 0 Å². The van der Waals surface area contributed by atoms with Crippen LogP contribution in [0.25, 0.3) is 0 Å². The minimum Gasteiger partial charge on any atom is -0.461 e. The number of aliphatic hydroxyl groups excluding tert-OH is 1. The molecule has 0 bridgehead atoms. The molecule has 0 aromatic carbocycles. The van der Waals surface area contributed by atoms with Gasteiger partial charge in [-0.05, 0) is 13.3 Å². The standard InChI is InChI=1S/C23H44O3/c1-3-4-5-6-7-8-9-10-11-12-13-14-15-16-17-18-21(24)19-22-20(2)23(25)26-22/h20-22,24H,3-19H2,1-2H3/t20-,21-,22-/m1/s1.